The molecule has 9 heteroatoms. The van der Waals surface area contributed by atoms with Crippen LogP contribution >= 0.6 is 0 Å². The first-order valence-electron chi connectivity index (χ1n) is 8.37. The van der Waals surface area contributed by atoms with Gasteiger partial charge in [0.15, 0.2) is 15.7 Å². The van der Waals surface area contributed by atoms with Crippen molar-refractivity contribution in [3.8, 4) is 0 Å². The SMILES string of the molecule is Cc1nc(CN2CCN(Cc3cccnc3)[C@H]3CS(=O)(=O)C[C@H]32)no1. The summed E-state index contributed by atoms with van der Waals surface area (Å²) < 4.78 is 29.6. The van der Waals surface area contributed by atoms with Gasteiger partial charge in [0.05, 0.1) is 18.1 Å². The van der Waals surface area contributed by atoms with E-state index in [1.165, 1.54) is 0 Å². The van der Waals surface area contributed by atoms with E-state index in [0.29, 0.717) is 18.3 Å². The van der Waals surface area contributed by atoms with E-state index < -0.39 is 9.84 Å². The van der Waals surface area contributed by atoms with Crippen LogP contribution in [0, 0.1) is 6.92 Å². The summed E-state index contributed by atoms with van der Waals surface area (Å²) >= 11 is 0. The number of hydrogen-bond acceptors (Lipinski definition) is 8. The van der Waals surface area contributed by atoms with Crippen molar-refractivity contribution in [2.24, 2.45) is 0 Å². The van der Waals surface area contributed by atoms with Gasteiger partial charge in [-0.05, 0) is 11.6 Å². The maximum atomic E-state index is 12.3. The second-order valence-electron chi connectivity index (χ2n) is 6.74. The van der Waals surface area contributed by atoms with Crippen molar-refractivity contribution in [2.75, 3.05) is 24.6 Å². The molecule has 2 aliphatic rings. The lowest BCUT2D eigenvalue weighted by molar-refractivity contribution is 0.0335. The summed E-state index contributed by atoms with van der Waals surface area (Å²) in [6, 6.07) is 3.90. The van der Waals surface area contributed by atoms with Gasteiger partial charge in [-0.1, -0.05) is 11.2 Å². The second kappa shape index (κ2) is 6.47. The summed E-state index contributed by atoms with van der Waals surface area (Å²) in [5.74, 6) is 1.54. The molecule has 134 valence electrons. The van der Waals surface area contributed by atoms with Gasteiger partial charge in [0.1, 0.15) is 0 Å². The highest BCUT2D eigenvalue weighted by molar-refractivity contribution is 7.91. The minimum Gasteiger partial charge on any atom is -0.340 e. The Morgan fingerprint density at radius 3 is 2.52 bits per heavy atom. The van der Waals surface area contributed by atoms with Crippen molar-refractivity contribution in [3.05, 3.63) is 41.8 Å². The standard InChI is InChI=1S/C16H21N5O3S/c1-12-18-16(19-24-12)9-21-6-5-20(8-13-3-2-4-17-7-13)14-10-25(22,23)11-15(14)21/h2-4,7,14-15H,5-6,8-11H2,1H3/t14-,15+/m0/s1. The molecule has 4 rings (SSSR count). The number of sulfone groups is 1. The lowest BCUT2D eigenvalue weighted by Gasteiger charge is -2.43. The van der Waals surface area contributed by atoms with Crippen LogP contribution in [0.2, 0.25) is 0 Å². The topological polar surface area (TPSA) is 92.4 Å². The molecule has 2 aliphatic heterocycles. The molecule has 0 bridgehead atoms. The Morgan fingerprint density at radius 2 is 1.92 bits per heavy atom. The Balaban J connectivity index is 1.53. The summed E-state index contributed by atoms with van der Waals surface area (Å²) in [6.07, 6.45) is 3.59. The molecule has 8 nitrogen and oxygen atoms in total. The lowest BCUT2D eigenvalue weighted by Crippen LogP contribution is -2.58. The van der Waals surface area contributed by atoms with Crippen molar-refractivity contribution < 1.29 is 12.9 Å². The average molecular weight is 363 g/mol. The normalized spacial score (nSPS) is 26.6. The third kappa shape index (κ3) is 3.58. The van der Waals surface area contributed by atoms with Crippen LogP contribution in [-0.2, 0) is 22.9 Å². The van der Waals surface area contributed by atoms with Gasteiger partial charge in [-0.15, -0.1) is 0 Å². The van der Waals surface area contributed by atoms with Crippen molar-refractivity contribution >= 4 is 9.84 Å². The predicted octanol–water partition coefficient (Wildman–Crippen LogP) is 0.256. The molecule has 0 saturated carbocycles. The van der Waals surface area contributed by atoms with E-state index in [9.17, 15) is 8.42 Å². The number of nitrogens with zero attached hydrogens (tertiary/aromatic N) is 5. The predicted molar refractivity (Wildman–Crippen MR) is 90.3 cm³/mol. The molecule has 2 aromatic heterocycles. The Labute approximate surface area is 146 Å². The Hall–Kier alpha value is -1.84. The van der Waals surface area contributed by atoms with Crippen molar-refractivity contribution in [3.63, 3.8) is 0 Å². The van der Waals surface area contributed by atoms with Crippen LogP contribution in [0.25, 0.3) is 0 Å². The first-order chi connectivity index (χ1) is 12.0. The Kier molecular flexibility index (Phi) is 4.30. The number of aromatic nitrogens is 3. The maximum absolute atomic E-state index is 12.3. The van der Waals surface area contributed by atoms with Crippen LogP contribution < -0.4 is 0 Å². The van der Waals surface area contributed by atoms with E-state index in [-0.39, 0.29) is 23.6 Å². The summed E-state index contributed by atoms with van der Waals surface area (Å²) in [7, 11) is -3.04. The Bertz CT molecular complexity index is 838. The van der Waals surface area contributed by atoms with Crippen LogP contribution in [0.5, 0.6) is 0 Å². The summed E-state index contributed by atoms with van der Waals surface area (Å²) in [6.45, 7) is 4.59. The van der Waals surface area contributed by atoms with Gasteiger partial charge in [0.25, 0.3) is 0 Å². The van der Waals surface area contributed by atoms with Gasteiger partial charge >= 0.3 is 0 Å². The lowest BCUT2D eigenvalue weighted by atomic mass is 10.0. The molecule has 0 N–H and O–H groups in total. The molecule has 4 heterocycles. The molecule has 0 radical (unpaired) electrons. The maximum Gasteiger partial charge on any atom is 0.223 e. The Morgan fingerprint density at radius 1 is 1.20 bits per heavy atom. The molecule has 0 spiro atoms. The monoisotopic (exact) mass is 363 g/mol. The number of piperazine rings is 1. The largest absolute Gasteiger partial charge is 0.340 e. The van der Waals surface area contributed by atoms with Crippen LogP contribution in [0.3, 0.4) is 0 Å². The van der Waals surface area contributed by atoms with Crippen LogP contribution in [0.4, 0.5) is 0 Å². The highest BCUT2D eigenvalue weighted by Gasteiger charge is 2.46. The minimum atomic E-state index is -3.04. The minimum absolute atomic E-state index is 0.00745. The van der Waals surface area contributed by atoms with Crippen LogP contribution in [-0.4, -0.2) is 70.0 Å². The average Bonchev–Trinajstić information content (AvgIpc) is 3.13. The van der Waals surface area contributed by atoms with Gasteiger partial charge in [0.2, 0.25) is 5.89 Å². The molecular formula is C16H21N5O3S. The molecule has 25 heavy (non-hydrogen) atoms. The number of aryl methyl sites for hydroxylation is 1. The van der Waals surface area contributed by atoms with Gasteiger partial charge in [-0.2, -0.15) is 4.98 Å². The zero-order valence-electron chi connectivity index (χ0n) is 14.1. The van der Waals surface area contributed by atoms with Gasteiger partial charge in [-0.25, -0.2) is 8.42 Å². The smallest absolute Gasteiger partial charge is 0.223 e. The van der Waals surface area contributed by atoms with Gasteiger partial charge in [-0.3, -0.25) is 14.8 Å². The van der Waals surface area contributed by atoms with E-state index >= 15 is 0 Å². The van der Waals surface area contributed by atoms with Gasteiger partial charge < -0.3 is 4.52 Å². The van der Waals surface area contributed by atoms with Gasteiger partial charge in [0, 0.05) is 51.0 Å². The molecule has 2 fully saturated rings. The third-order valence-electron chi connectivity index (χ3n) is 4.93. The molecular weight excluding hydrogens is 342 g/mol. The molecule has 2 saturated heterocycles. The molecule has 0 aliphatic carbocycles. The fourth-order valence-electron chi connectivity index (χ4n) is 3.80. The van der Waals surface area contributed by atoms with E-state index in [2.05, 4.69) is 24.9 Å². The second-order valence-corrected chi connectivity index (χ2v) is 8.90. The molecule has 0 unspecified atom stereocenters. The van der Waals surface area contributed by atoms with Crippen molar-refractivity contribution in [1.82, 2.24) is 24.9 Å². The summed E-state index contributed by atoms with van der Waals surface area (Å²) in [5, 5.41) is 3.95. The van der Waals surface area contributed by atoms with Crippen LogP contribution in [0.15, 0.2) is 29.0 Å². The number of pyridine rings is 1. The molecule has 2 atom stereocenters. The van der Waals surface area contributed by atoms with E-state index in [1.807, 2.05) is 18.3 Å². The fraction of sp³-hybridized carbons (Fsp3) is 0.562. The zero-order chi connectivity index (χ0) is 17.4. The molecule has 2 aromatic rings. The molecule has 0 amide bonds. The number of rotatable bonds is 4. The molecule has 0 aromatic carbocycles. The van der Waals surface area contributed by atoms with Crippen molar-refractivity contribution in [1.29, 1.82) is 0 Å². The first-order valence-corrected chi connectivity index (χ1v) is 10.2. The quantitative estimate of drug-likeness (QED) is 0.764. The third-order valence-corrected chi connectivity index (χ3v) is 6.63. The highest BCUT2D eigenvalue weighted by atomic mass is 32.2. The van der Waals surface area contributed by atoms with E-state index in [1.54, 1.807) is 13.1 Å². The van der Waals surface area contributed by atoms with E-state index in [4.69, 9.17) is 4.52 Å². The number of fused-ring (bicyclic) bond motifs is 1. The highest BCUT2D eigenvalue weighted by Crippen LogP contribution is 2.29. The first kappa shape index (κ1) is 16.6. The van der Waals surface area contributed by atoms with E-state index in [0.717, 1.165) is 25.2 Å². The summed E-state index contributed by atoms with van der Waals surface area (Å²) in [5.41, 5.74) is 1.10. The van der Waals surface area contributed by atoms with Crippen molar-refractivity contribution in [2.45, 2.75) is 32.1 Å². The number of hydrogen-bond donors (Lipinski definition) is 0. The van der Waals surface area contributed by atoms with Crippen LogP contribution in [0.1, 0.15) is 17.3 Å². The fourth-order valence-corrected chi connectivity index (χ4v) is 5.85. The summed E-state index contributed by atoms with van der Waals surface area (Å²) in [4.78, 5) is 12.9. The zero-order valence-corrected chi connectivity index (χ0v) is 14.9.